The summed E-state index contributed by atoms with van der Waals surface area (Å²) in [7, 11) is -3.82. The predicted molar refractivity (Wildman–Crippen MR) is 81.2 cm³/mol. The number of carbonyl (C=O) groups excluding carboxylic acids is 2. The summed E-state index contributed by atoms with van der Waals surface area (Å²) >= 11 is 0. The van der Waals surface area contributed by atoms with Gasteiger partial charge in [-0.25, -0.2) is 12.4 Å². The van der Waals surface area contributed by atoms with Crippen LogP contribution < -0.4 is 0 Å². The first-order valence-corrected chi connectivity index (χ1v) is 8.08. The van der Waals surface area contributed by atoms with Gasteiger partial charge >= 0.3 is 0 Å². The van der Waals surface area contributed by atoms with Gasteiger partial charge in [-0.2, -0.15) is 0 Å². The van der Waals surface area contributed by atoms with Gasteiger partial charge in [0.2, 0.25) is 11.6 Å². The van der Waals surface area contributed by atoms with E-state index in [-0.39, 0.29) is 16.2 Å². The highest BCUT2D eigenvalue weighted by Crippen LogP contribution is 2.31. The molecule has 0 atom stereocenters. The molecular formula is C16H13NO4S. The first kappa shape index (κ1) is 14.5. The number of allylic oxidation sites excluding steroid dienone is 2. The van der Waals surface area contributed by atoms with E-state index in [0.29, 0.717) is 11.1 Å². The molecule has 5 nitrogen and oxygen atoms in total. The summed E-state index contributed by atoms with van der Waals surface area (Å²) < 4.78 is 26.7. The number of ketones is 2. The molecule has 0 N–H and O–H groups in total. The molecule has 112 valence electrons. The summed E-state index contributed by atoms with van der Waals surface area (Å²) in [4.78, 5) is 23.9. The van der Waals surface area contributed by atoms with Crippen molar-refractivity contribution in [1.82, 2.24) is 3.97 Å². The van der Waals surface area contributed by atoms with Crippen molar-refractivity contribution in [2.75, 3.05) is 0 Å². The minimum Gasteiger partial charge on any atom is -0.286 e. The van der Waals surface area contributed by atoms with Gasteiger partial charge in [-0.3, -0.25) is 9.59 Å². The van der Waals surface area contributed by atoms with Crippen molar-refractivity contribution in [1.29, 1.82) is 0 Å². The number of fused-ring (bicyclic) bond motifs is 1. The summed E-state index contributed by atoms with van der Waals surface area (Å²) in [6, 6.07) is 7.97. The number of nitrogens with zero attached hydrogens (tertiary/aromatic N) is 1. The van der Waals surface area contributed by atoms with Gasteiger partial charge in [-0.1, -0.05) is 18.2 Å². The van der Waals surface area contributed by atoms with E-state index < -0.39 is 21.6 Å². The van der Waals surface area contributed by atoms with Crippen LogP contribution in [-0.4, -0.2) is 24.0 Å². The fourth-order valence-electron chi connectivity index (χ4n) is 2.61. The van der Waals surface area contributed by atoms with Gasteiger partial charge in [0.25, 0.3) is 10.0 Å². The molecular weight excluding hydrogens is 302 g/mol. The quantitative estimate of drug-likeness (QED) is 0.796. The van der Waals surface area contributed by atoms with Crippen molar-refractivity contribution in [3.63, 3.8) is 0 Å². The zero-order valence-electron chi connectivity index (χ0n) is 12.0. The molecule has 0 amide bonds. The molecule has 0 saturated heterocycles. The highest BCUT2D eigenvalue weighted by atomic mass is 32.2. The Kier molecular flexibility index (Phi) is 3.14. The smallest absolute Gasteiger partial charge is 0.268 e. The van der Waals surface area contributed by atoms with E-state index in [1.165, 1.54) is 24.4 Å². The Morgan fingerprint density at radius 2 is 1.64 bits per heavy atom. The summed E-state index contributed by atoms with van der Waals surface area (Å²) in [5.74, 6) is -1.29. The maximum Gasteiger partial charge on any atom is 0.268 e. The molecule has 1 aliphatic carbocycles. The van der Waals surface area contributed by atoms with E-state index in [0.717, 1.165) is 3.97 Å². The molecule has 0 bridgehead atoms. The number of benzene rings is 1. The van der Waals surface area contributed by atoms with Crippen molar-refractivity contribution in [2.24, 2.45) is 0 Å². The Morgan fingerprint density at radius 3 is 2.27 bits per heavy atom. The molecule has 1 heterocycles. The van der Waals surface area contributed by atoms with Crippen molar-refractivity contribution >= 4 is 27.2 Å². The van der Waals surface area contributed by atoms with Crippen LogP contribution in [0.25, 0.3) is 5.57 Å². The van der Waals surface area contributed by atoms with E-state index in [9.17, 15) is 18.0 Å². The van der Waals surface area contributed by atoms with Crippen molar-refractivity contribution in [3.8, 4) is 0 Å². The second-order valence-electron chi connectivity index (χ2n) is 5.17. The molecule has 0 radical (unpaired) electrons. The third kappa shape index (κ3) is 1.95. The zero-order chi connectivity index (χ0) is 16.1. The van der Waals surface area contributed by atoms with E-state index in [1.807, 2.05) is 0 Å². The van der Waals surface area contributed by atoms with Crippen LogP contribution in [0.4, 0.5) is 0 Å². The SMILES string of the molecule is CC1=CC(=O)C(=O)c2c(C)cn(S(=O)(=O)c3ccccc3)c21. The summed E-state index contributed by atoms with van der Waals surface area (Å²) in [5, 5.41) is 0. The Morgan fingerprint density at radius 1 is 1.00 bits per heavy atom. The minimum absolute atomic E-state index is 0.130. The fourth-order valence-corrected chi connectivity index (χ4v) is 4.11. The van der Waals surface area contributed by atoms with Crippen LogP contribution in [0.3, 0.4) is 0 Å². The zero-order valence-corrected chi connectivity index (χ0v) is 12.8. The first-order valence-electron chi connectivity index (χ1n) is 6.64. The number of Topliss-reactive ketones (excluding diaryl/α,β-unsaturated/α-hetero) is 1. The summed E-state index contributed by atoms with van der Waals surface area (Å²) in [5.41, 5.74) is 1.38. The molecule has 3 rings (SSSR count). The molecule has 0 aliphatic heterocycles. The summed E-state index contributed by atoms with van der Waals surface area (Å²) in [6.07, 6.45) is 2.57. The standard InChI is InChI=1S/C16H13NO4S/c1-10-8-13(18)16(19)14-11(2)9-17(15(10)14)22(20,21)12-6-4-3-5-7-12/h3-9H,1-2H3. The van der Waals surface area contributed by atoms with Gasteiger partial charge in [-0.15, -0.1) is 0 Å². The molecule has 1 aromatic heterocycles. The van der Waals surface area contributed by atoms with Crippen LogP contribution in [0.2, 0.25) is 0 Å². The normalized spacial score (nSPS) is 14.7. The lowest BCUT2D eigenvalue weighted by molar-refractivity contribution is -0.111. The third-order valence-electron chi connectivity index (χ3n) is 3.63. The second-order valence-corrected chi connectivity index (χ2v) is 6.99. The van der Waals surface area contributed by atoms with Crippen molar-refractivity contribution < 1.29 is 18.0 Å². The molecule has 2 aromatic rings. The van der Waals surface area contributed by atoms with Gasteiger partial charge in [0, 0.05) is 6.20 Å². The molecule has 0 unspecified atom stereocenters. The Hall–Kier alpha value is -2.47. The Labute approximate surface area is 127 Å². The maximum absolute atomic E-state index is 12.8. The molecule has 6 heteroatoms. The number of hydrogen-bond acceptors (Lipinski definition) is 4. The van der Waals surface area contributed by atoms with Crippen LogP contribution in [-0.2, 0) is 14.8 Å². The van der Waals surface area contributed by atoms with Crippen molar-refractivity contribution in [2.45, 2.75) is 18.7 Å². The van der Waals surface area contributed by atoms with E-state index in [4.69, 9.17) is 0 Å². The number of aryl methyl sites for hydroxylation is 1. The molecule has 1 aliphatic rings. The summed E-state index contributed by atoms with van der Waals surface area (Å²) in [6.45, 7) is 3.25. The number of carbonyl (C=O) groups is 2. The molecule has 22 heavy (non-hydrogen) atoms. The third-order valence-corrected chi connectivity index (χ3v) is 5.31. The fraction of sp³-hybridized carbons (Fsp3) is 0.125. The van der Waals surface area contributed by atoms with Crippen LogP contribution in [0, 0.1) is 6.92 Å². The Bertz CT molecular complexity index is 934. The van der Waals surface area contributed by atoms with Crippen LogP contribution in [0.5, 0.6) is 0 Å². The number of hydrogen-bond donors (Lipinski definition) is 0. The van der Waals surface area contributed by atoms with Crippen LogP contribution >= 0.6 is 0 Å². The van der Waals surface area contributed by atoms with E-state index >= 15 is 0 Å². The molecule has 0 spiro atoms. The molecule has 0 fully saturated rings. The topological polar surface area (TPSA) is 73.2 Å². The van der Waals surface area contributed by atoms with Gasteiger partial charge < -0.3 is 0 Å². The van der Waals surface area contributed by atoms with Gasteiger partial charge in [0.05, 0.1) is 16.2 Å². The lowest BCUT2D eigenvalue weighted by atomic mass is 9.94. The molecule has 1 aromatic carbocycles. The van der Waals surface area contributed by atoms with Crippen LogP contribution in [0.1, 0.15) is 28.5 Å². The highest BCUT2D eigenvalue weighted by Gasteiger charge is 2.33. The van der Waals surface area contributed by atoms with Gasteiger partial charge in [0.15, 0.2) is 0 Å². The number of aromatic nitrogens is 1. The molecule has 0 saturated carbocycles. The van der Waals surface area contributed by atoms with Gasteiger partial charge in [-0.05, 0) is 43.2 Å². The lowest BCUT2D eigenvalue weighted by Crippen LogP contribution is -2.22. The van der Waals surface area contributed by atoms with Crippen LogP contribution in [0.15, 0.2) is 47.5 Å². The second kappa shape index (κ2) is 4.78. The van der Waals surface area contributed by atoms with E-state index in [1.54, 1.807) is 32.0 Å². The highest BCUT2D eigenvalue weighted by molar-refractivity contribution is 7.90. The predicted octanol–water partition coefficient (Wildman–Crippen LogP) is 2.20. The minimum atomic E-state index is -3.82. The largest absolute Gasteiger partial charge is 0.286 e. The number of rotatable bonds is 2. The average molecular weight is 315 g/mol. The maximum atomic E-state index is 12.8. The monoisotopic (exact) mass is 315 g/mol. The van der Waals surface area contributed by atoms with E-state index in [2.05, 4.69) is 0 Å². The first-order chi connectivity index (χ1) is 10.3. The average Bonchev–Trinajstić information content (AvgIpc) is 2.85. The van der Waals surface area contributed by atoms with Crippen molar-refractivity contribution in [3.05, 3.63) is 59.4 Å². The van der Waals surface area contributed by atoms with Gasteiger partial charge in [0.1, 0.15) is 0 Å². The lowest BCUT2D eigenvalue weighted by Gasteiger charge is -2.14. The Balaban J connectivity index is 2.32.